The molecule has 0 aliphatic heterocycles. The van der Waals surface area contributed by atoms with Crippen molar-refractivity contribution in [3.8, 4) is 0 Å². The molecular formula is C16H28BrN3. The van der Waals surface area contributed by atoms with Crippen molar-refractivity contribution < 1.29 is 0 Å². The van der Waals surface area contributed by atoms with Crippen molar-refractivity contribution in [3.63, 3.8) is 0 Å². The van der Waals surface area contributed by atoms with Crippen LogP contribution in [0.1, 0.15) is 30.5 Å². The van der Waals surface area contributed by atoms with Crippen LogP contribution in [-0.2, 0) is 0 Å². The zero-order valence-corrected chi connectivity index (χ0v) is 14.8. The second-order valence-corrected chi connectivity index (χ2v) is 6.45. The average molecular weight is 342 g/mol. The molecule has 0 amide bonds. The number of halogens is 1. The fraction of sp³-hybridized carbons (Fsp3) is 0.625. The molecule has 0 aliphatic carbocycles. The van der Waals surface area contributed by atoms with Crippen molar-refractivity contribution in [2.45, 2.75) is 26.3 Å². The fourth-order valence-corrected chi connectivity index (χ4v) is 2.66. The van der Waals surface area contributed by atoms with Gasteiger partial charge in [-0.2, -0.15) is 0 Å². The van der Waals surface area contributed by atoms with Gasteiger partial charge in [0.2, 0.25) is 0 Å². The molecule has 3 nitrogen and oxygen atoms in total. The first-order valence-electron chi connectivity index (χ1n) is 7.34. The molecule has 20 heavy (non-hydrogen) atoms. The van der Waals surface area contributed by atoms with E-state index in [1.54, 1.807) is 0 Å². The van der Waals surface area contributed by atoms with Crippen molar-refractivity contribution in [1.82, 2.24) is 9.80 Å². The molecule has 114 valence electrons. The molecule has 0 aromatic heterocycles. The minimum atomic E-state index is 0.307. The lowest BCUT2D eigenvalue weighted by molar-refractivity contribution is 0.182. The lowest BCUT2D eigenvalue weighted by atomic mass is 10.0. The van der Waals surface area contributed by atoms with Gasteiger partial charge >= 0.3 is 0 Å². The Morgan fingerprint density at radius 2 is 1.90 bits per heavy atom. The fourth-order valence-electron chi connectivity index (χ4n) is 2.41. The molecule has 0 saturated carbocycles. The lowest BCUT2D eigenvalue weighted by Gasteiger charge is -2.32. The van der Waals surface area contributed by atoms with Crippen LogP contribution in [0.5, 0.6) is 0 Å². The van der Waals surface area contributed by atoms with Crippen LogP contribution in [0.2, 0.25) is 0 Å². The van der Waals surface area contributed by atoms with Crippen molar-refractivity contribution in [3.05, 3.63) is 33.8 Å². The summed E-state index contributed by atoms with van der Waals surface area (Å²) in [4.78, 5) is 4.73. The maximum Gasteiger partial charge on any atom is 0.0471 e. The van der Waals surface area contributed by atoms with Gasteiger partial charge in [0.05, 0.1) is 0 Å². The molecular weight excluding hydrogens is 314 g/mol. The van der Waals surface area contributed by atoms with Gasteiger partial charge in [-0.1, -0.05) is 35.0 Å². The van der Waals surface area contributed by atoms with Gasteiger partial charge in [0.25, 0.3) is 0 Å². The first kappa shape index (κ1) is 17.6. The summed E-state index contributed by atoms with van der Waals surface area (Å²) in [6.45, 7) is 8.22. The van der Waals surface area contributed by atoms with Crippen molar-refractivity contribution in [1.29, 1.82) is 0 Å². The third-order valence-corrected chi connectivity index (χ3v) is 4.47. The number of benzene rings is 1. The Labute approximate surface area is 132 Å². The molecule has 0 aliphatic rings. The minimum Gasteiger partial charge on any atom is -0.329 e. The number of rotatable bonds is 8. The predicted octanol–water partition coefficient (Wildman–Crippen LogP) is 3.03. The van der Waals surface area contributed by atoms with E-state index in [2.05, 4.69) is 71.9 Å². The molecule has 4 heteroatoms. The van der Waals surface area contributed by atoms with E-state index in [1.165, 1.54) is 11.1 Å². The highest BCUT2D eigenvalue weighted by molar-refractivity contribution is 9.10. The van der Waals surface area contributed by atoms with Crippen LogP contribution in [0.15, 0.2) is 22.7 Å². The number of likely N-dealkylation sites (N-methyl/N-ethyl adjacent to an activating group) is 1. The van der Waals surface area contributed by atoms with E-state index in [9.17, 15) is 0 Å². The van der Waals surface area contributed by atoms with Gasteiger partial charge in [-0.25, -0.2) is 0 Å². The molecule has 2 N–H and O–H groups in total. The zero-order chi connectivity index (χ0) is 15.1. The molecule has 0 heterocycles. The zero-order valence-electron chi connectivity index (χ0n) is 13.2. The number of nitrogens with zero attached hydrogens (tertiary/aromatic N) is 2. The van der Waals surface area contributed by atoms with Gasteiger partial charge < -0.3 is 10.6 Å². The lowest BCUT2D eigenvalue weighted by Crippen LogP contribution is -2.38. The first-order valence-corrected chi connectivity index (χ1v) is 8.13. The van der Waals surface area contributed by atoms with Gasteiger partial charge in [0.15, 0.2) is 0 Å². The summed E-state index contributed by atoms with van der Waals surface area (Å²) in [5.74, 6) is 0. The van der Waals surface area contributed by atoms with E-state index in [0.29, 0.717) is 12.6 Å². The summed E-state index contributed by atoms with van der Waals surface area (Å²) in [5, 5.41) is 0. The molecule has 1 rings (SSSR count). The Kier molecular flexibility index (Phi) is 7.74. The van der Waals surface area contributed by atoms with E-state index in [0.717, 1.165) is 30.5 Å². The van der Waals surface area contributed by atoms with Crippen LogP contribution >= 0.6 is 15.9 Å². The molecule has 1 aromatic rings. The first-order chi connectivity index (χ1) is 9.49. The number of nitrogens with two attached hydrogens (primary N) is 1. The summed E-state index contributed by atoms with van der Waals surface area (Å²) >= 11 is 3.57. The smallest absolute Gasteiger partial charge is 0.0471 e. The van der Waals surface area contributed by atoms with Crippen LogP contribution in [-0.4, -0.2) is 50.1 Å². The largest absolute Gasteiger partial charge is 0.329 e. The average Bonchev–Trinajstić information content (AvgIpc) is 2.40. The van der Waals surface area contributed by atoms with Gasteiger partial charge in [0, 0.05) is 30.1 Å². The number of hydrogen-bond acceptors (Lipinski definition) is 3. The monoisotopic (exact) mass is 341 g/mol. The van der Waals surface area contributed by atoms with Crippen molar-refractivity contribution in [2.75, 3.05) is 40.3 Å². The van der Waals surface area contributed by atoms with Crippen molar-refractivity contribution in [2.24, 2.45) is 5.73 Å². The van der Waals surface area contributed by atoms with Crippen LogP contribution in [0, 0.1) is 6.92 Å². The highest BCUT2D eigenvalue weighted by atomic mass is 79.9. The Hall–Kier alpha value is -0.420. The summed E-state index contributed by atoms with van der Waals surface area (Å²) in [6, 6.07) is 6.87. The second-order valence-electron chi connectivity index (χ2n) is 5.60. The van der Waals surface area contributed by atoms with Crippen LogP contribution in [0.25, 0.3) is 0 Å². The Balaban J connectivity index is 2.90. The van der Waals surface area contributed by atoms with E-state index in [-0.39, 0.29) is 0 Å². The Morgan fingerprint density at radius 3 is 2.40 bits per heavy atom. The highest BCUT2D eigenvalue weighted by Crippen LogP contribution is 2.24. The summed E-state index contributed by atoms with van der Waals surface area (Å²) in [7, 11) is 4.23. The quantitative estimate of drug-likeness (QED) is 0.788. The molecule has 1 atom stereocenters. The van der Waals surface area contributed by atoms with Gasteiger partial charge in [-0.15, -0.1) is 0 Å². The molecule has 0 radical (unpaired) electrons. The predicted molar refractivity (Wildman–Crippen MR) is 91.1 cm³/mol. The molecule has 1 unspecified atom stereocenters. The van der Waals surface area contributed by atoms with Gasteiger partial charge in [-0.05, 0) is 51.2 Å². The maximum atomic E-state index is 6.06. The number of aryl methyl sites for hydroxylation is 1. The van der Waals surface area contributed by atoms with E-state index >= 15 is 0 Å². The van der Waals surface area contributed by atoms with Crippen LogP contribution in [0.4, 0.5) is 0 Å². The second kappa shape index (κ2) is 8.78. The standard InChI is InChI=1S/C16H28BrN3/c1-5-8-20(10-9-19(3)4)16(12-18)14-6-7-15(17)13(2)11-14/h6-7,11,16H,5,8-10,12,18H2,1-4H3. The topological polar surface area (TPSA) is 32.5 Å². The number of hydrogen-bond donors (Lipinski definition) is 1. The Morgan fingerprint density at radius 1 is 1.20 bits per heavy atom. The van der Waals surface area contributed by atoms with Gasteiger partial charge in [0.1, 0.15) is 0 Å². The van der Waals surface area contributed by atoms with Crippen LogP contribution < -0.4 is 5.73 Å². The summed E-state index contributed by atoms with van der Waals surface area (Å²) in [5.41, 5.74) is 8.65. The molecule has 0 bridgehead atoms. The summed E-state index contributed by atoms with van der Waals surface area (Å²) in [6.07, 6.45) is 1.15. The Bertz CT molecular complexity index is 407. The third-order valence-electron chi connectivity index (χ3n) is 3.58. The molecule has 0 spiro atoms. The van der Waals surface area contributed by atoms with Gasteiger partial charge in [-0.3, -0.25) is 4.90 Å². The SMILES string of the molecule is CCCN(CCN(C)C)C(CN)c1ccc(Br)c(C)c1. The third kappa shape index (κ3) is 5.17. The van der Waals surface area contributed by atoms with E-state index < -0.39 is 0 Å². The molecule has 1 aromatic carbocycles. The van der Waals surface area contributed by atoms with E-state index in [4.69, 9.17) is 5.73 Å². The van der Waals surface area contributed by atoms with E-state index in [1.807, 2.05) is 0 Å². The highest BCUT2D eigenvalue weighted by Gasteiger charge is 2.18. The van der Waals surface area contributed by atoms with Crippen LogP contribution in [0.3, 0.4) is 0 Å². The minimum absolute atomic E-state index is 0.307. The molecule has 0 saturated heterocycles. The summed E-state index contributed by atoms with van der Waals surface area (Å²) < 4.78 is 1.16. The van der Waals surface area contributed by atoms with Crippen molar-refractivity contribution >= 4 is 15.9 Å². The normalized spacial score (nSPS) is 13.2. The maximum absolute atomic E-state index is 6.06. The molecule has 0 fully saturated rings.